The largest absolute Gasteiger partial charge is 0.481 e. The lowest BCUT2D eigenvalue weighted by Gasteiger charge is -2.09. The Morgan fingerprint density at radius 3 is 2.73 bits per heavy atom. The van der Waals surface area contributed by atoms with Crippen molar-refractivity contribution in [3.63, 3.8) is 0 Å². The molecule has 0 heterocycles. The van der Waals surface area contributed by atoms with Crippen molar-refractivity contribution in [3.05, 3.63) is 28.2 Å². The summed E-state index contributed by atoms with van der Waals surface area (Å²) in [5, 5.41) is 8.88. The number of hydrogen-bond acceptors (Lipinski definition) is 2. The third kappa shape index (κ3) is 3.24. The number of aliphatic carboxylic acids is 1. The van der Waals surface area contributed by atoms with Gasteiger partial charge < -0.3 is 5.11 Å². The first kappa shape index (κ1) is 12.6. The SMILES string of the molecule is CCSc1ccc(C(C)C(=O)O)cc1Br. The highest BCUT2D eigenvalue weighted by molar-refractivity contribution is 9.10. The lowest BCUT2D eigenvalue weighted by Crippen LogP contribution is -2.07. The smallest absolute Gasteiger partial charge is 0.310 e. The van der Waals surface area contributed by atoms with Crippen LogP contribution in [0.4, 0.5) is 0 Å². The Morgan fingerprint density at radius 1 is 1.60 bits per heavy atom. The molecule has 0 saturated carbocycles. The maximum atomic E-state index is 10.8. The van der Waals surface area contributed by atoms with Gasteiger partial charge in [0.15, 0.2) is 0 Å². The Morgan fingerprint density at radius 2 is 2.27 bits per heavy atom. The molecule has 0 aromatic heterocycles. The molecular weight excluding hydrogens is 276 g/mol. The quantitative estimate of drug-likeness (QED) is 0.858. The molecule has 4 heteroatoms. The summed E-state index contributed by atoms with van der Waals surface area (Å²) in [4.78, 5) is 12.0. The molecule has 0 aliphatic carbocycles. The molecule has 2 nitrogen and oxygen atoms in total. The molecule has 0 bridgehead atoms. The molecule has 1 aromatic carbocycles. The molecule has 0 spiro atoms. The van der Waals surface area contributed by atoms with E-state index >= 15 is 0 Å². The average molecular weight is 289 g/mol. The van der Waals surface area contributed by atoms with Crippen molar-refractivity contribution in [3.8, 4) is 0 Å². The zero-order valence-corrected chi connectivity index (χ0v) is 11.1. The van der Waals surface area contributed by atoms with E-state index in [1.807, 2.05) is 18.2 Å². The molecule has 1 aromatic rings. The van der Waals surface area contributed by atoms with Gasteiger partial charge in [-0.15, -0.1) is 11.8 Å². The fraction of sp³-hybridized carbons (Fsp3) is 0.364. The van der Waals surface area contributed by atoms with Crippen molar-refractivity contribution in [1.29, 1.82) is 0 Å². The molecule has 15 heavy (non-hydrogen) atoms. The molecule has 0 fully saturated rings. The summed E-state index contributed by atoms with van der Waals surface area (Å²) in [5.74, 6) is -0.244. The van der Waals surface area contributed by atoms with Crippen molar-refractivity contribution >= 4 is 33.7 Å². The van der Waals surface area contributed by atoms with E-state index in [0.29, 0.717) is 0 Å². The predicted octanol–water partition coefficient (Wildman–Crippen LogP) is 3.75. The lowest BCUT2D eigenvalue weighted by atomic mass is 10.0. The van der Waals surface area contributed by atoms with Gasteiger partial charge in [0.1, 0.15) is 0 Å². The summed E-state index contributed by atoms with van der Waals surface area (Å²) < 4.78 is 0.972. The van der Waals surface area contributed by atoms with Crippen LogP contribution in [0.15, 0.2) is 27.6 Å². The molecule has 1 unspecified atom stereocenters. The zero-order chi connectivity index (χ0) is 11.4. The maximum absolute atomic E-state index is 10.8. The number of carboxylic acid groups (broad SMARTS) is 1. The van der Waals surface area contributed by atoms with E-state index in [-0.39, 0.29) is 0 Å². The first-order valence-corrected chi connectivity index (χ1v) is 6.49. The average Bonchev–Trinajstić information content (AvgIpc) is 2.20. The van der Waals surface area contributed by atoms with Crippen LogP contribution in [0, 0.1) is 0 Å². The van der Waals surface area contributed by atoms with E-state index in [0.717, 1.165) is 20.7 Å². The van der Waals surface area contributed by atoms with Crippen LogP contribution in [0.1, 0.15) is 25.3 Å². The number of thioether (sulfide) groups is 1. The van der Waals surface area contributed by atoms with E-state index in [4.69, 9.17) is 5.11 Å². The summed E-state index contributed by atoms with van der Waals surface area (Å²) in [6.45, 7) is 3.78. The first-order valence-electron chi connectivity index (χ1n) is 4.71. The Bertz CT molecular complexity index is 366. The predicted molar refractivity (Wildman–Crippen MR) is 66.6 cm³/mol. The third-order valence-corrected chi connectivity index (χ3v) is 4.00. The monoisotopic (exact) mass is 288 g/mol. The summed E-state index contributed by atoms with van der Waals surface area (Å²) in [6, 6.07) is 5.73. The summed E-state index contributed by atoms with van der Waals surface area (Å²) >= 11 is 5.19. The molecule has 0 amide bonds. The highest BCUT2D eigenvalue weighted by Gasteiger charge is 2.14. The molecule has 1 rings (SSSR count). The molecule has 1 N–H and O–H groups in total. The maximum Gasteiger partial charge on any atom is 0.310 e. The van der Waals surface area contributed by atoms with Crippen LogP contribution >= 0.6 is 27.7 Å². The minimum absolute atomic E-state index is 0.457. The molecule has 0 saturated heterocycles. The van der Waals surface area contributed by atoms with Crippen LogP contribution in [0.25, 0.3) is 0 Å². The lowest BCUT2D eigenvalue weighted by molar-refractivity contribution is -0.138. The minimum Gasteiger partial charge on any atom is -0.481 e. The normalized spacial score (nSPS) is 12.5. The van der Waals surface area contributed by atoms with Gasteiger partial charge >= 0.3 is 5.97 Å². The molecule has 0 radical (unpaired) electrons. The standard InChI is InChI=1S/C11H13BrO2S/c1-3-15-10-5-4-8(6-9(10)12)7(2)11(13)14/h4-7H,3H2,1-2H3,(H,13,14). The van der Waals surface area contributed by atoms with Crippen LogP contribution in [0.2, 0.25) is 0 Å². The summed E-state index contributed by atoms with van der Waals surface area (Å²) in [7, 11) is 0. The Balaban J connectivity index is 2.95. The molecule has 82 valence electrons. The molecule has 0 aliphatic rings. The third-order valence-electron chi connectivity index (χ3n) is 2.13. The number of carbonyl (C=O) groups is 1. The van der Waals surface area contributed by atoms with Crippen molar-refractivity contribution in [2.45, 2.75) is 24.7 Å². The molecule has 1 atom stereocenters. The number of hydrogen-bond donors (Lipinski definition) is 1. The minimum atomic E-state index is -0.794. The van der Waals surface area contributed by atoms with Gasteiger partial charge in [-0.05, 0) is 46.3 Å². The van der Waals surface area contributed by atoms with Gasteiger partial charge in [0.25, 0.3) is 0 Å². The van der Waals surface area contributed by atoms with Crippen molar-refractivity contribution < 1.29 is 9.90 Å². The van der Waals surface area contributed by atoms with Crippen LogP contribution in [-0.2, 0) is 4.79 Å². The van der Waals surface area contributed by atoms with Crippen LogP contribution in [-0.4, -0.2) is 16.8 Å². The number of benzene rings is 1. The first-order chi connectivity index (χ1) is 7.06. The highest BCUT2D eigenvalue weighted by atomic mass is 79.9. The number of halogens is 1. The Labute approximate surface area is 102 Å². The van der Waals surface area contributed by atoms with E-state index in [1.165, 1.54) is 0 Å². The fourth-order valence-corrected chi connectivity index (χ4v) is 2.61. The molecular formula is C11H13BrO2S. The Hall–Kier alpha value is -0.480. The second-order valence-corrected chi connectivity index (χ2v) is 5.34. The van der Waals surface area contributed by atoms with Crippen molar-refractivity contribution in [1.82, 2.24) is 0 Å². The van der Waals surface area contributed by atoms with E-state index in [2.05, 4.69) is 22.9 Å². The van der Waals surface area contributed by atoms with Crippen molar-refractivity contribution in [2.24, 2.45) is 0 Å². The second-order valence-electron chi connectivity index (χ2n) is 3.18. The van der Waals surface area contributed by atoms with Gasteiger partial charge in [-0.25, -0.2) is 0 Å². The number of rotatable bonds is 4. The summed E-state index contributed by atoms with van der Waals surface area (Å²) in [6.07, 6.45) is 0. The van der Waals surface area contributed by atoms with Gasteiger partial charge in [0.05, 0.1) is 5.92 Å². The van der Waals surface area contributed by atoms with Gasteiger partial charge in [-0.1, -0.05) is 13.0 Å². The highest BCUT2D eigenvalue weighted by Crippen LogP contribution is 2.30. The van der Waals surface area contributed by atoms with Gasteiger partial charge in [-0.3, -0.25) is 4.79 Å². The topological polar surface area (TPSA) is 37.3 Å². The van der Waals surface area contributed by atoms with Crippen molar-refractivity contribution in [2.75, 3.05) is 5.75 Å². The zero-order valence-electron chi connectivity index (χ0n) is 8.66. The van der Waals surface area contributed by atoms with Gasteiger partial charge in [0.2, 0.25) is 0 Å². The summed E-state index contributed by atoms with van der Waals surface area (Å²) in [5.41, 5.74) is 0.829. The van der Waals surface area contributed by atoms with Crippen LogP contribution in [0.5, 0.6) is 0 Å². The fourth-order valence-electron chi connectivity index (χ4n) is 1.20. The van der Waals surface area contributed by atoms with E-state index < -0.39 is 11.9 Å². The second kappa shape index (κ2) is 5.56. The Kier molecular flexibility index (Phi) is 4.67. The van der Waals surface area contributed by atoms with E-state index in [1.54, 1.807) is 18.7 Å². The number of carboxylic acids is 1. The van der Waals surface area contributed by atoms with Gasteiger partial charge in [0, 0.05) is 9.37 Å². The van der Waals surface area contributed by atoms with E-state index in [9.17, 15) is 4.79 Å². The molecule has 0 aliphatic heterocycles. The van der Waals surface area contributed by atoms with Gasteiger partial charge in [-0.2, -0.15) is 0 Å². The van der Waals surface area contributed by atoms with Crippen LogP contribution in [0.3, 0.4) is 0 Å². The van der Waals surface area contributed by atoms with Crippen LogP contribution < -0.4 is 0 Å².